The number of hydrogen-bond acceptors (Lipinski definition) is 3. The van der Waals surface area contributed by atoms with Crippen molar-refractivity contribution < 1.29 is 0 Å². The lowest BCUT2D eigenvalue weighted by molar-refractivity contribution is 0.940. The van der Waals surface area contributed by atoms with Crippen molar-refractivity contribution in [1.82, 2.24) is 0 Å². The fourth-order valence-electron chi connectivity index (χ4n) is 1.61. The van der Waals surface area contributed by atoms with Crippen molar-refractivity contribution >= 4 is 34.2 Å². The van der Waals surface area contributed by atoms with Crippen LogP contribution in [0.25, 0.3) is 0 Å². The summed E-state index contributed by atoms with van der Waals surface area (Å²) in [6.07, 6.45) is 0. The number of thiophene rings is 1. The molecule has 0 radical (unpaired) electrons. The molecule has 0 aliphatic heterocycles. The van der Waals surface area contributed by atoms with E-state index in [-0.39, 0.29) is 0 Å². The van der Waals surface area contributed by atoms with Crippen molar-refractivity contribution in [2.75, 3.05) is 11.9 Å². The van der Waals surface area contributed by atoms with Crippen LogP contribution in [0.15, 0.2) is 41.8 Å². The first-order chi connectivity index (χ1) is 8.16. The van der Waals surface area contributed by atoms with Gasteiger partial charge in [-0.2, -0.15) is 0 Å². The molecule has 2 N–H and O–H groups in total. The number of hydrogen-bond donors (Lipinski definition) is 1. The first kappa shape index (κ1) is 12.1. The first-order valence-electron chi connectivity index (χ1n) is 5.30. The van der Waals surface area contributed by atoms with E-state index in [0.29, 0.717) is 4.99 Å². The number of nitrogens with zero attached hydrogens (tertiary/aromatic N) is 1. The van der Waals surface area contributed by atoms with Crippen LogP contribution in [-0.4, -0.2) is 12.0 Å². The lowest BCUT2D eigenvalue weighted by Gasteiger charge is -2.18. The molecule has 0 spiro atoms. The summed E-state index contributed by atoms with van der Waals surface area (Å²) in [6.45, 7) is 0.921. The second kappa shape index (κ2) is 5.29. The zero-order valence-corrected chi connectivity index (χ0v) is 11.2. The lowest BCUT2D eigenvalue weighted by Crippen LogP contribution is -2.16. The van der Waals surface area contributed by atoms with Gasteiger partial charge in [0, 0.05) is 23.2 Å². The van der Waals surface area contributed by atoms with Crippen LogP contribution < -0.4 is 10.6 Å². The van der Waals surface area contributed by atoms with E-state index in [4.69, 9.17) is 18.0 Å². The van der Waals surface area contributed by atoms with Gasteiger partial charge >= 0.3 is 0 Å². The van der Waals surface area contributed by atoms with Gasteiger partial charge in [-0.05, 0) is 35.7 Å². The third-order valence-corrected chi connectivity index (χ3v) is 3.66. The standard InChI is InChI=1S/C13H14N2S2/c1-15(9-12-3-2-8-17-12)11-6-4-10(5-7-11)13(14)16/h2-8H,9H2,1H3,(H2,14,16). The molecular formula is C13H14N2S2. The molecule has 2 aromatic rings. The summed E-state index contributed by atoms with van der Waals surface area (Å²) < 4.78 is 0. The first-order valence-corrected chi connectivity index (χ1v) is 6.59. The molecule has 1 aromatic heterocycles. The third kappa shape index (κ3) is 3.05. The Kier molecular flexibility index (Phi) is 3.76. The van der Waals surface area contributed by atoms with Gasteiger partial charge in [0.2, 0.25) is 0 Å². The molecule has 2 nitrogen and oxygen atoms in total. The van der Waals surface area contributed by atoms with E-state index < -0.39 is 0 Å². The molecular weight excluding hydrogens is 248 g/mol. The molecule has 0 atom stereocenters. The number of benzene rings is 1. The van der Waals surface area contributed by atoms with Crippen LogP contribution in [0, 0.1) is 0 Å². The van der Waals surface area contributed by atoms with Crippen LogP contribution in [0.5, 0.6) is 0 Å². The minimum atomic E-state index is 0.442. The average Bonchev–Trinajstić information content (AvgIpc) is 2.82. The highest BCUT2D eigenvalue weighted by molar-refractivity contribution is 7.80. The molecule has 0 saturated heterocycles. The Morgan fingerprint density at radius 3 is 2.53 bits per heavy atom. The van der Waals surface area contributed by atoms with E-state index in [1.54, 1.807) is 11.3 Å². The molecule has 88 valence electrons. The normalized spacial score (nSPS) is 10.2. The summed E-state index contributed by atoms with van der Waals surface area (Å²) in [7, 11) is 2.08. The summed E-state index contributed by atoms with van der Waals surface area (Å²) in [4.78, 5) is 4.00. The quantitative estimate of drug-likeness (QED) is 0.859. The summed E-state index contributed by atoms with van der Waals surface area (Å²) >= 11 is 6.70. The molecule has 0 unspecified atom stereocenters. The fraction of sp³-hybridized carbons (Fsp3) is 0.154. The SMILES string of the molecule is CN(Cc1cccs1)c1ccc(C(N)=S)cc1. The largest absolute Gasteiger partial charge is 0.389 e. The average molecular weight is 262 g/mol. The Morgan fingerprint density at radius 1 is 1.29 bits per heavy atom. The number of rotatable bonds is 4. The predicted octanol–water partition coefficient (Wildman–Crippen LogP) is 3.02. The monoisotopic (exact) mass is 262 g/mol. The van der Waals surface area contributed by atoms with Crippen molar-refractivity contribution in [2.45, 2.75) is 6.54 Å². The maximum Gasteiger partial charge on any atom is 0.103 e. The van der Waals surface area contributed by atoms with Gasteiger partial charge < -0.3 is 10.6 Å². The minimum Gasteiger partial charge on any atom is -0.389 e. The van der Waals surface area contributed by atoms with Crippen molar-refractivity contribution in [3.8, 4) is 0 Å². The Morgan fingerprint density at radius 2 is 2.00 bits per heavy atom. The van der Waals surface area contributed by atoms with Gasteiger partial charge in [0.1, 0.15) is 4.99 Å². The topological polar surface area (TPSA) is 29.3 Å². The van der Waals surface area contributed by atoms with Crippen molar-refractivity contribution in [1.29, 1.82) is 0 Å². The molecule has 0 amide bonds. The van der Waals surface area contributed by atoms with Crippen LogP contribution >= 0.6 is 23.6 Å². The van der Waals surface area contributed by atoms with Gasteiger partial charge in [-0.1, -0.05) is 18.3 Å². The van der Waals surface area contributed by atoms with Crippen molar-refractivity contribution in [3.63, 3.8) is 0 Å². The summed E-state index contributed by atoms with van der Waals surface area (Å²) in [5.74, 6) is 0. The molecule has 17 heavy (non-hydrogen) atoms. The Hall–Kier alpha value is -1.39. The van der Waals surface area contributed by atoms with Crippen LogP contribution in [0.1, 0.15) is 10.4 Å². The van der Waals surface area contributed by atoms with E-state index in [0.717, 1.165) is 12.1 Å². The highest BCUT2D eigenvalue weighted by Gasteiger charge is 2.03. The number of thiocarbonyl (C=S) groups is 1. The maximum absolute atomic E-state index is 5.57. The number of anilines is 1. The smallest absolute Gasteiger partial charge is 0.103 e. The molecule has 0 saturated carbocycles. The van der Waals surface area contributed by atoms with Crippen LogP contribution in [0.2, 0.25) is 0 Å². The van der Waals surface area contributed by atoms with Crippen molar-refractivity contribution in [3.05, 3.63) is 52.2 Å². The Labute approximate surface area is 111 Å². The maximum atomic E-state index is 5.57. The molecule has 0 bridgehead atoms. The lowest BCUT2D eigenvalue weighted by atomic mass is 10.2. The fourth-order valence-corrected chi connectivity index (χ4v) is 2.50. The van der Waals surface area contributed by atoms with Gasteiger partial charge in [0.05, 0.1) is 6.54 Å². The summed E-state index contributed by atoms with van der Waals surface area (Å²) in [6, 6.07) is 12.2. The van der Waals surface area contributed by atoms with Gasteiger partial charge in [-0.3, -0.25) is 0 Å². The van der Waals surface area contributed by atoms with Crippen LogP contribution in [0.4, 0.5) is 5.69 Å². The Bertz CT molecular complexity index is 489. The van der Waals surface area contributed by atoms with Gasteiger partial charge in [0.15, 0.2) is 0 Å². The van der Waals surface area contributed by atoms with Crippen LogP contribution in [0.3, 0.4) is 0 Å². The zero-order chi connectivity index (χ0) is 12.3. The van der Waals surface area contributed by atoms with Gasteiger partial charge in [-0.15, -0.1) is 11.3 Å². The second-order valence-corrected chi connectivity index (χ2v) is 5.32. The van der Waals surface area contributed by atoms with E-state index in [1.165, 1.54) is 10.6 Å². The van der Waals surface area contributed by atoms with E-state index in [9.17, 15) is 0 Å². The molecule has 1 heterocycles. The zero-order valence-electron chi connectivity index (χ0n) is 9.59. The molecule has 4 heteroatoms. The summed E-state index contributed by atoms with van der Waals surface area (Å²) in [5, 5.41) is 2.10. The van der Waals surface area contributed by atoms with Gasteiger partial charge in [0.25, 0.3) is 0 Å². The molecule has 0 aliphatic rings. The van der Waals surface area contributed by atoms with Crippen molar-refractivity contribution in [2.24, 2.45) is 5.73 Å². The number of nitrogens with two attached hydrogens (primary N) is 1. The second-order valence-electron chi connectivity index (χ2n) is 3.85. The third-order valence-electron chi connectivity index (χ3n) is 2.57. The highest BCUT2D eigenvalue weighted by atomic mass is 32.1. The Balaban J connectivity index is 2.09. The van der Waals surface area contributed by atoms with E-state index in [1.807, 2.05) is 24.3 Å². The molecule has 1 aromatic carbocycles. The molecule has 0 aliphatic carbocycles. The van der Waals surface area contributed by atoms with Gasteiger partial charge in [-0.25, -0.2) is 0 Å². The van der Waals surface area contributed by atoms with E-state index in [2.05, 4.69) is 29.5 Å². The van der Waals surface area contributed by atoms with E-state index >= 15 is 0 Å². The van der Waals surface area contributed by atoms with Crippen LogP contribution in [-0.2, 0) is 6.54 Å². The molecule has 2 rings (SSSR count). The summed E-state index contributed by atoms with van der Waals surface area (Å²) in [5.41, 5.74) is 7.64. The predicted molar refractivity (Wildman–Crippen MR) is 78.8 cm³/mol. The minimum absolute atomic E-state index is 0.442. The molecule has 0 fully saturated rings. The highest BCUT2D eigenvalue weighted by Crippen LogP contribution is 2.18.